The molecular weight excluding hydrogens is 369 g/mol. The standard InChI is InChI=1S/C21H24FN7/c22-17-6-8-18(9-7-17)24-21-26-19(25-20(23)27-21)15-29-12-10-28(11-13-29)14-16-4-2-1-3-5-16/h1-9H,10-15H2,(H3,23,24,25,26,27)/p+2. The molecule has 1 aliphatic heterocycles. The lowest BCUT2D eigenvalue weighted by molar-refractivity contribution is -1.02. The molecule has 1 aromatic heterocycles. The van der Waals surface area contributed by atoms with E-state index in [4.69, 9.17) is 5.73 Å². The van der Waals surface area contributed by atoms with Crippen molar-refractivity contribution >= 4 is 17.6 Å². The van der Waals surface area contributed by atoms with Gasteiger partial charge in [-0.3, -0.25) is 0 Å². The minimum Gasteiger partial charge on any atom is -0.368 e. The van der Waals surface area contributed by atoms with Gasteiger partial charge in [0.05, 0.1) is 0 Å². The van der Waals surface area contributed by atoms with Crippen molar-refractivity contribution in [3.63, 3.8) is 0 Å². The number of halogens is 1. The van der Waals surface area contributed by atoms with Gasteiger partial charge in [-0.25, -0.2) is 4.39 Å². The van der Waals surface area contributed by atoms with Gasteiger partial charge in [0.25, 0.3) is 0 Å². The molecule has 3 aromatic rings. The number of nitrogens with zero attached hydrogens (tertiary/aromatic N) is 3. The lowest BCUT2D eigenvalue weighted by Crippen LogP contribution is -3.27. The van der Waals surface area contributed by atoms with Crippen LogP contribution in [0.5, 0.6) is 0 Å². The largest absolute Gasteiger partial charge is 0.368 e. The van der Waals surface area contributed by atoms with E-state index < -0.39 is 0 Å². The summed E-state index contributed by atoms with van der Waals surface area (Å²) in [5.74, 6) is 0.950. The maximum Gasteiger partial charge on any atom is 0.232 e. The molecule has 0 aliphatic carbocycles. The second-order valence-corrected chi connectivity index (χ2v) is 7.40. The first kappa shape index (κ1) is 19.2. The van der Waals surface area contributed by atoms with E-state index in [2.05, 4.69) is 50.6 Å². The molecule has 0 bridgehead atoms. The van der Waals surface area contributed by atoms with Crippen LogP contribution in [0.25, 0.3) is 0 Å². The van der Waals surface area contributed by atoms with Gasteiger partial charge in [0.2, 0.25) is 11.9 Å². The number of nitrogens with one attached hydrogen (secondary N) is 3. The minimum atomic E-state index is -0.288. The average molecular weight is 395 g/mol. The van der Waals surface area contributed by atoms with Gasteiger partial charge in [-0.15, -0.1) is 0 Å². The fourth-order valence-corrected chi connectivity index (χ4v) is 3.65. The van der Waals surface area contributed by atoms with Crippen molar-refractivity contribution in [2.75, 3.05) is 37.2 Å². The molecule has 1 aliphatic rings. The molecule has 0 unspecified atom stereocenters. The lowest BCUT2D eigenvalue weighted by atomic mass is 10.2. The van der Waals surface area contributed by atoms with Gasteiger partial charge < -0.3 is 20.9 Å². The molecule has 0 amide bonds. The molecule has 0 saturated carbocycles. The first-order valence-corrected chi connectivity index (χ1v) is 9.88. The highest BCUT2D eigenvalue weighted by Gasteiger charge is 2.24. The highest BCUT2D eigenvalue weighted by molar-refractivity contribution is 5.53. The summed E-state index contributed by atoms with van der Waals surface area (Å²) in [6.45, 7) is 6.14. The maximum atomic E-state index is 13.1. The molecule has 0 atom stereocenters. The highest BCUT2D eigenvalue weighted by Crippen LogP contribution is 2.13. The first-order chi connectivity index (χ1) is 14.1. The molecule has 150 valence electrons. The van der Waals surface area contributed by atoms with Crippen LogP contribution in [0.4, 0.5) is 22.0 Å². The molecule has 2 aromatic carbocycles. The third kappa shape index (κ3) is 5.46. The zero-order valence-corrected chi connectivity index (χ0v) is 16.2. The number of benzene rings is 2. The van der Waals surface area contributed by atoms with Crippen molar-refractivity contribution in [1.29, 1.82) is 0 Å². The number of quaternary nitrogens is 2. The molecule has 0 spiro atoms. The topological polar surface area (TPSA) is 85.6 Å². The second kappa shape index (κ2) is 8.93. The van der Waals surface area contributed by atoms with Gasteiger partial charge in [-0.05, 0) is 24.3 Å². The van der Waals surface area contributed by atoms with E-state index in [1.54, 1.807) is 17.0 Å². The number of hydrogen-bond acceptors (Lipinski definition) is 5. The van der Waals surface area contributed by atoms with Crippen LogP contribution in [-0.4, -0.2) is 41.1 Å². The van der Waals surface area contributed by atoms with Crippen LogP contribution < -0.4 is 20.9 Å². The first-order valence-electron chi connectivity index (χ1n) is 9.88. The number of nitrogens with two attached hydrogens (primary N) is 1. The van der Waals surface area contributed by atoms with Crippen molar-refractivity contribution in [1.82, 2.24) is 15.0 Å². The van der Waals surface area contributed by atoms with E-state index in [9.17, 15) is 4.39 Å². The number of anilines is 3. The smallest absolute Gasteiger partial charge is 0.232 e. The maximum absolute atomic E-state index is 13.1. The summed E-state index contributed by atoms with van der Waals surface area (Å²) < 4.78 is 13.1. The van der Waals surface area contributed by atoms with Crippen molar-refractivity contribution in [3.8, 4) is 0 Å². The van der Waals surface area contributed by atoms with Gasteiger partial charge in [0, 0.05) is 11.3 Å². The van der Waals surface area contributed by atoms with Gasteiger partial charge in [0.1, 0.15) is 45.1 Å². The van der Waals surface area contributed by atoms with Gasteiger partial charge in [0.15, 0.2) is 5.82 Å². The molecule has 1 saturated heterocycles. The summed E-state index contributed by atoms with van der Waals surface area (Å²) in [7, 11) is 0. The van der Waals surface area contributed by atoms with Crippen LogP contribution >= 0.6 is 0 Å². The zero-order chi connectivity index (χ0) is 20.1. The van der Waals surface area contributed by atoms with Crippen molar-refractivity contribution in [2.45, 2.75) is 13.1 Å². The molecular formula is C21H26FN7+2. The van der Waals surface area contributed by atoms with Crippen LogP contribution in [0, 0.1) is 5.82 Å². The number of rotatable bonds is 6. The Kier molecular flexibility index (Phi) is 5.92. The van der Waals surface area contributed by atoms with Gasteiger partial charge >= 0.3 is 0 Å². The summed E-state index contributed by atoms with van der Waals surface area (Å²) in [5.41, 5.74) is 7.96. The molecule has 8 heteroatoms. The fraction of sp³-hybridized carbons (Fsp3) is 0.286. The Morgan fingerprint density at radius 1 is 0.828 bits per heavy atom. The minimum absolute atomic E-state index is 0.187. The Labute approximate surface area is 169 Å². The Morgan fingerprint density at radius 2 is 1.48 bits per heavy atom. The summed E-state index contributed by atoms with van der Waals surface area (Å²) in [6, 6.07) is 16.7. The third-order valence-electron chi connectivity index (χ3n) is 5.17. The molecule has 0 radical (unpaired) electrons. The second-order valence-electron chi connectivity index (χ2n) is 7.40. The highest BCUT2D eigenvalue weighted by atomic mass is 19.1. The number of hydrogen-bond donors (Lipinski definition) is 4. The SMILES string of the molecule is Nc1nc(C[NH+]2CC[NH+](Cc3ccccc3)CC2)nc(Nc2ccc(F)cc2)n1. The van der Waals surface area contributed by atoms with E-state index >= 15 is 0 Å². The van der Waals surface area contributed by atoms with E-state index in [1.807, 2.05) is 0 Å². The van der Waals surface area contributed by atoms with Crippen molar-refractivity contribution < 1.29 is 14.2 Å². The molecule has 2 heterocycles. The van der Waals surface area contributed by atoms with Gasteiger partial charge in [-0.1, -0.05) is 30.3 Å². The molecule has 4 rings (SSSR count). The quantitative estimate of drug-likeness (QED) is 0.465. The number of piperazine rings is 1. The van der Waals surface area contributed by atoms with E-state index in [0.29, 0.717) is 24.0 Å². The monoisotopic (exact) mass is 395 g/mol. The number of aromatic nitrogens is 3. The Bertz CT molecular complexity index is 926. The van der Waals surface area contributed by atoms with E-state index in [0.717, 1.165) is 32.7 Å². The third-order valence-corrected chi connectivity index (χ3v) is 5.17. The predicted molar refractivity (Wildman–Crippen MR) is 109 cm³/mol. The Hall–Kier alpha value is -3.10. The number of nitrogen functional groups attached to an aromatic ring is 1. The van der Waals surface area contributed by atoms with Crippen LogP contribution in [0.1, 0.15) is 11.4 Å². The normalized spacial score (nSPS) is 19.1. The van der Waals surface area contributed by atoms with Crippen LogP contribution in [0.15, 0.2) is 54.6 Å². The summed E-state index contributed by atoms with van der Waals surface area (Å²) in [6.07, 6.45) is 0. The lowest BCUT2D eigenvalue weighted by Gasteiger charge is -2.29. The van der Waals surface area contributed by atoms with Crippen LogP contribution in [0.3, 0.4) is 0 Å². The summed E-state index contributed by atoms with van der Waals surface area (Å²) >= 11 is 0. The van der Waals surface area contributed by atoms with Gasteiger partial charge in [-0.2, -0.15) is 15.0 Å². The zero-order valence-electron chi connectivity index (χ0n) is 16.2. The average Bonchev–Trinajstić information content (AvgIpc) is 2.72. The molecule has 1 fully saturated rings. The Morgan fingerprint density at radius 3 is 2.17 bits per heavy atom. The molecule has 29 heavy (non-hydrogen) atoms. The van der Waals surface area contributed by atoms with Crippen LogP contribution in [-0.2, 0) is 13.1 Å². The molecule has 7 nitrogen and oxygen atoms in total. The van der Waals surface area contributed by atoms with Crippen molar-refractivity contribution in [2.24, 2.45) is 0 Å². The predicted octanol–water partition coefficient (Wildman–Crippen LogP) is -0.180. The van der Waals surface area contributed by atoms with E-state index in [-0.39, 0.29) is 11.8 Å². The van der Waals surface area contributed by atoms with Crippen molar-refractivity contribution in [3.05, 3.63) is 71.8 Å². The summed E-state index contributed by atoms with van der Waals surface area (Å²) in [5, 5.41) is 3.06. The Balaban J connectivity index is 1.33. The fourth-order valence-electron chi connectivity index (χ4n) is 3.65. The molecule has 5 N–H and O–H groups in total. The summed E-state index contributed by atoms with van der Waals surface area (Å²) in [4.78, 5) is 16.0. The van der Waals surface area contributed by atoms with E-state index in [1.165, 1.54) is 22.6 Å². The van der Waals surface area contributed by atoms with Crippen LogP contribution in [0.2, 0.25) is 0 Å².